The number of fused-ring (bicyclic) bond motifs is 3. The molecule has 0 bridgehead atoms. The molecular formula is C21H21N5O4S. The minimum atomic E-state index is -0.767. The Morgan fingerprint density at radius 3 is 2.87 bits per heavy atom. The number of hydrogen-bond donors (Lipinski definition) is 2. The zero-order valence-electron chi connectivity index (χ0n) is 16.8. The quantitative estimate of drug-likeness (QED) is 0.228. The lowest BCUT2D eigenvalue weighted by molar-refractivity contribution is -0.386. The van der Waals surface area contributed by atoms with Crippen molar-refractivity contribution in [3.63, 3.8) is 0 Å². The van der Waals surface area contributed by atoms with Gasteiger partial charge in [0.2, 0.25) is 11.0 Å². The third kappa shape index (κ3) is 4.53. The number of nitro benzene ring substituents is 1. The van der Waals surface area contributed by atoms with E-state index in [0.717, 1.165) is 36.3 Å². The largest absolute Gasteiger partial charge is 0.502 e. The van der Waals surface area contributed by atoms with E-state index in [1.54, 1.807) is 6.07 Å². The molecule has 0 unspecified atom stereocenters. The number of thioether (sulfide) groups is 1. The molecule has 9 nitrogen and oxygen atoms in total. The van der Waals surface area contributed by atoms with Crippen LogP contribution >= 0.6 is 11.8 Å². The van der Waals surface area contributed by atoms with Crippen LogP contribution in [0, 0.1) is 10.1 Å². The molecule has 2 heterocycles. The van der Waals surface area contributed by atoms with Gasteiger partial charge in [0.05, 0.1) is 4.92 Å². The van der Waals surface area contributed by atoms with Crippen LogP contribution in [-0.4, -0.2) is 31.0 Å². The Morgan fingerprint density at radius 2 is 2.06 bits per heavy atom. The number of hydrogen-bond acceptors (Lipinski definition) is 9. The summed E-state index contributed by atoms with van der Waals surface area (Å²) in [5.41, 5.74) is 2.09. The molecule has 1 aliphatic heterocycles. The van der Waals surface area contributed by atoms with E-state index < -0.39 is 22.6 Å². The second kappa shape index (κ2) is 9.17. The van der Waals surface area contributed by atoms with E-state index in [1.165, 1.54) is 23.9 Å². The van der Waals surface area contributed by atoms with Crippen LogP contribution in [0.1, 0.15) is 38.0 Å². The van der Waals surface area contributed by atoms with E-state index >= 15 is 0 Å². The maximum Gasteiger partial charge on any atom is 0.311 e. The van der Waals surface area contributed by atoms with E-state index in [2.05, 4.69) is 27.4 Å². The van der Waals surface area contributed by atoms with Crippen molar-refractivity contribution in [3.8, 4) is 22.9 Å². The average Bonchev–Trinajstić information content (AvgIpc) is 2.93. The Bertz CT molecular complexity index is 1110. The Morgan fingerprint density at radius 1 is 1.23 bits per heavy atom. The first-order chi connectivity index (χ1) is 15.1. The fourth-order valence-electron chi connectivity index (χ4n) is 3.22. The summed E-state index contributed by atoms with van der Waals surface area (Å²) in [5.74, 6) is 0.778. The van der Waals surface area contributed by atoms with E-state index in [-0.39, 0.29) is 0 Å². The number of nitrogens with zero attached hydrogens (tertiary/aromatic N) is 4. The van der Waals surface area contributed by atoms with Gasteiger partial charge in [-0.3, -0.25) is 10.1 Å². The van der Waals surface area contributed by atoms with Gasteiger partial charge in [-0.25, -0.2) is 0 Å². The summed E-state index contributed by atoms with van der Waals surface area (Å²) in [6, 6.07) is 11.6. The number of unbranched alkanes of at least 4 members (excludes halogenated alkanes) is 2. The lowest BCUT2D eigenvalue weighted by atomic mass is 10.1. The normalized spacial score (nSPS) is 14.5. The van der Waals surface area contributed by atoms with Crippen molar-refractivity contribution >= 4 is 23.1 Å². The second-order valence-corrected chi connectivity index (χ2v) is 8.06. The van der Waals surface area contributed by atoms with Gasteiger partial charge in [0.1, 0.15) is 0 Å². The van der Waals surface area contributed by atoms with Gasteiger partial charge >= 0.3 is 5.69 Å². The number of benzene rings is 2. The number of phenols is 1. The minimum Gasteiger partial charge on any atom is -0.502 e. The Labute approximate surface area is 183 Å². The molecule has 2 N–H and O–H groups in total. The van der Waals surface area contributed by atoms with Crippen LogP contribution in [0.15, 0.2) is 47.6 Å². The number of nitrogens with one attached hydrogen (secondary N) is 1. The van der Waals surface area contributed by atoms with E-state index in [0.29, 0.717) is 22.3 Å². The summed E-state index contributed by atoms with van der Waals surface area (Å²) in [6.45, 7) is 2.15. The molecule has 1 atom stereocenters. The van der Waals surface area contributed by atoms with E-state index in [4.69, 9.17) is 4.74 Å². The van der Waals surface area contributed by atoms with Crippen LogP contribution in [0.3, 0.4) is 0 Å². The standard InChI is InChI=1S/C21H21N5O4S/c1-2-3-6-11-31-21-23-20-18(24-25-21)14-7-4-5-8-15(14)22-19(30-20)13-9-10-17(27)16(12-13)26(28)29/h4-5,7-10,12,19,22,27H,2-3,6,11H2,1H3/t19-/m0/s1. The van der Waals surface area contributed by atoms with Gasteiger partial charge in [-0.05, 0) is 24.6 Å². The summed E-state index contributed by atoms with van der Waals surface area (Å²) in [6.07, 6.45) is 2.57. The molecule has 31 heavy (non-hydrogen) atoms. The highest BCUT2D eigenvalue weighted by atomic mass is 32.2. The summed E-state index contributed by atoms with van der Waals surface area (Å²) in [4.78, 5) is 15.2. The summed E-state index contributed by atoms with van der Waals surface area (Å²) >= 11 is 1.52. The van der Waals surface area contributed by atoms with Gasteiger partial charge in [-0.1, -0.05) is 49.7 Å². The number of ether oxygens (including phenoxy) is 1. The van der Waals surface area contributed by atoms with Gasteiger partial charge in [-0.15, -0.1) is 10.2 Å². The molecule has 1 aromatic heterocycles. The summed E-state index contributed by atoms with van der Waals surface area (Å²) < 4.78 is 6.13. The fraction of sp³-hybridized carbons (Fsp3) is 0.286. The van der Waals surface area contributed by atoms with Crippen LogP contribution in [0.5, 0.6) is 11.6 Å². The third-order valence-corrected chi connectivity index (χ3v) is 5.74. The molecule has 4 rings (SSSR count). The zero-order chi connectivity index (χ0) is 21.8. The molecule has 0 saturated heterocycles. The number of anilines is 1. The molecule has 2 aromatic carbocycles. The lowest BCUT2D eigenvalue weighted by Crippen LogP contribution is -2.17. The Balaban J connectivity index is 1.71. The predicted octanol–water partition coefficient (Wildman–Crippen LogP) is 4.94. The molecule has 0 saturated carbocycles. The molecular weight excluding hydrogens is 418 g/mol. The number of nitro groups is 1. The highest BCUT2D eigenvalue weighted by molar-refractivity contribution is 7.99. The van der Waals surface area contributed by atoms with Crippen LogP contribution in [0.4, 0.5) is 11.4 Å². The zero-order valence-corrected chi connectivity index (χ0v) is 17.6. The van der Waals surface area contributed by atoms with Crippen LogP contribution in [-0.2, 0) is 0 Å². The third-order valence-electron chi connectivity index (χ3n) is 4.81. The molecule has 0 radical (unpaired) electrons. The predicted molar refractivity (Wildman–Crippen MR) is 117 cm³/mol. The van der Waals surface area contributed by atoms with Crippen molar-refractivity contribution < 1.29 is 14.8 Å². The molecule has 3 aromatic rings. The molecule has 0 amide bonds. The van der Waals surface area contributed by atoms with Gasteiger partial charge in [0, 0.05) is 28.6 Å². The van der Waals surface area contributed by atoms with Crippen LogP contribution in [0.25, 0.3) is 11.3 Å². The molecule has 1 aliphatic rings. The van der Waals surface area contributed by atoms with Crippen molar-refractivity contribution in [2.24, 2.45) is 0 Å². The number of para-hydroxylation sites is 1. The fourth-order valence-corrected chi connectivity index (χ4v) is 4.00. The lowest BCUT2D eigenvalue weighted by Gasteiger charge is -2.19. The van der Waals surface area contributed by atoms with Gasteiger partial charge < -0.3 is 15.2 Å². The summed E-state index contributed by atoms with van der Waals surface area (Å²) in [7, 11) is 0. The first kappa shape index (κ1) is 20.9. The van der Waals surface area contributed by atoms with Crippen molar-refractivity contribution in [2.45, 2.75) is 37.6 Å². The van der Waals surface area contributed by atoms with Crippen molar-refractivity contribution in [3.05, 3.63) is 58.1 Å². The van der Waals surface area contributed by atoms with Gasteiger partial charge in [0.25, 0.3) is 0 Å². The molecule has 10 heteroatoms. The monoisotopic (exact) mass is 439 g/mol. The van der Waals surface area contributed by atoms with Crippen molar-refractivity contribution in [2.75, 3.05) is 11.1 Å². The average molecular weight is 439 g/mol. The maximum absolute atomic E-state index is 11.3. The van der Waals surface area contributed by atoms with Crippen LogP contribution in [0.2, 0.25) is 0 Å². The van der Waals surface area contributed by atoms with Gasteiger partial charge in [-0.2, -0.15) is 4.98 Å². The van der Waals surface area contributed by atoms with Crippen molar-refractivity contribution in [1.29, 1.82) is 0 Å². The maximum atomic E-state index is 11.3. The Kier molecular flexibility index (Phi) is 6.17. The SMILES string of the molecule is CCCCCSc1nnc2c(n1)O[C@@H](c1ccc(O)c([N+](=O)[O-])c1)Nc1ccccc1-2. The number of phenolic OH excluding ortho intramolecular Hbond substituents is 1. The summed E-state index contributed by atoms with van der Waals surface area (Å²) in [5, 5.41) is 33.4. The Hall–Kier alpha value is -3.40. The van der Waals surface area contributed by atoms with E-state index in [9.17, 15) is 15.2 Å². The number of aromatic nitrogens is 3. The second-order valence-electron chi connectivity index (χ2n) is 7.00. The number of rotatable bonds is 7. The first-order valence-corrected chi connectivity index (χ1v) is 10.9. The molecule has 0 fully saturated rings. The number of aromatic hydroxyl groups is 1. The highest BCUT2D eigenvalue weighted by Crippen LogP contribution is 2.40. The van der Waals surface area contributed by atoms with Crippen molar-refractivity contribution in [1.82, 2.24) is 15.2 Å². The topological polar surface area (TPSA) is 123 Å². The van der Waals surface area contributed by atoms with E-state index in [1.807, 2.05) is 24.3 Å². The molecule has 160 valence electrons. The van der Waals surface area contributed by atoms with Gasteiger partial charge in [0.15, 0.2) is 17.7 Å². The highest BCUT2D eigenvalue weighted by Gasteiger charge is 2.27. The molecule has 0 spiro atoms. The minimum absolute atomic E-state index is 0.297. The smallest absolute Gasteiger partial charge is 0.311 e. The first-order valence-electron chi connectivity index (χ1n) is 9.94. The molecule has 0 aliphatic carbocycles. The van der Waals surface area contributed by atoms with Crippen LogP contribution < -0.4 is 10.1 Å².